The van der Waals surface area contributed by atoms with Crippen LogP contribution in [0.25, 0.3) is 0 Å². The zero-order valence-corrected chi connectivity index (χ0v) is 16.5. The Kier molecular flexibility index (Phi) is 4.96. The number of halogens is 1. The van der Waals surface area contributed by atoms with Gasteiger partial charge in [-0.25, -0.2) is 9.48 Å². The smallest absolute Gasteiger partial charge is 0.410 e. The summed E-state index contributed by atoms with van der Waals surface area (Å²) in [6, 6.07) is 2.25. The Balaban J connectivity index is 1.73. The van der Waals surface area contributed by atoms with Gasteiger partial charge in [-0.3, -0.25) is 0 Å². The molecule has 1 saturated carbocycles. The Labute approximate surface area is 156 Å². The van der Waals surface area contributed by atoms with Gasteiger partial charge in [-0.15, -0.1) is 0 Å². The number of aromatic nitrogens is 2. The average Bonchev–Trinajstić information content (AvgIpc) is 3.10. The number of nitriles is 1. The first-order valence-corrected chi connectivity index (χ1v) is 9.47. The number of anilines is 1. The van der Waals surface area contributed by atoms with Crippen LogP contribution in [0.3, 0.4) is 0 Å². The van der Waals surface area contributed by atoms with Gasteiger partial charge in [-0.1, -0.05) is 0 Å². The molecule has 7 nitrogen and oxygen atoms in total. The number of carbonyl (C=O) groups excluding carboxylic acids is 1. The van der Waals surface area contributed by atoms with Crippen molar-refractivity contribution in [2.24, 2.45) is 5.92 Å². The number of nitrogens with zero attached hydrogens (tertiary/aromatic N) is 4. The van der Waals surface area contributed by atoms with Crippen LogP contribution in [0.15, 0.2) is 4.60 Å². The van der Waals surface area contributed by atoms with Gasteiger partial charge < -0.3 is 15.0 Å². The Morgan fingerprint density at radius 2 is 2.16 bits per heavy atom. The molecule has 1 amide bonds. The van der Waals surface area contributed by atoms with E-state index in [2.05, 4.69) is 32.4 Å². The second-order valence-electron chi connectivity index (χ2n) is 7.76. The van der Waals surface area contributed by atoms with Crippen LogP contribution in [0.5, 0.6) is 0 Å². The number of nitrogens with one attached hydrogen (secondary N) is 1. The van der Waals surface area contributed by atoms with Crippen LogP contribution in [-0.4, -0.2) is 46.0 Å². The van der Waals surface area contributed by atoms with E-state index in [1.165, 1.54) is 12.8 Å². The molecule has 1 saturated heterocycles. The molecule has 1 aromatic heterocycles. The third kappa shape index (κ3) is 4.27. The highest BCUT2D eigenvalue weighted by molar-refractivity contribution is 9.10. The van der Waals surface area contributed by atoms with E-state index < -0.39 is 5.60 Å². The number of hydrogen-bond donors (Lipinski definition) is 1. The van der Waals surface area contributed by atoms with E-state index in [1.807, 2.05) is 25.5 Å². The van der Waals surface area contributed by atoms with Crippen LogP contribution in [0, 0.1) is 17.2 Å². The van der Waals surface area contributed by atoms with Crippen LogP contribution in [0.2, 0.25) is 0 Å². The fraction of sp³-hybridized carbons (Fsp3) is 0.706. The lowest BCUT2D eigenvalue weighted by molar-refractivity contribution is 0.0288. The zero-order valence-electron chi connectivity index (χ0n) is 14.9. The van der Waals surface area contributed by atoms with Crippen molar-refractivity contribution in [1.82, 2.24) is 14.7 Å². The topological polar surface area (TPSA) is 83.2 Å². The fourth-order valence-corrected chi connectivity index (χ4v) is 3.38. The maximum absolute atomic E-state index is 12.3. The molecule has 1 N–H and O–H groups in total. The SMILES string of the molecule is CC(C)(C)OC(=O)N1CC[C@H](n2nc(Br)c(C#N)c2NCC2CC2)C1. The van der Waals surface area contributed by atoms with E-state index in [9.17, 15) is 10.1 Å². The normalized spacial score (nSPS) is 20.4. The van der Waals surface area contributed by atoms with Crippen molar-refractivity contribution in [3.8, 4) is 6.07 Å². The summed E-state index contributed by atoms with van der Waals surface area (Å²) in [6.07, 6.45) is 2.96. The second kappa shape index (κ2) is 6.87. The van der Waals surface area contributed by atoms with Crippen molar-refractivity contribution in [2.75, 3.05) is 25.0 Å². The van der Waals surface area contributed by atoms with E-state index in [0.717, 1.165) is 18.8 Å². The highest BCUT2D eigenvalue weighted by atomic mass is 79.9. The van der Waals surface area contributed by atoms with Crippen molar-refractivity contribution in [1.29, 1.82) is 5.26 Å². The minimum Gasteiger partial charge on any atom is -0.444 e. The van der Waals surface area contributed by atoms with Gasteiger partial charge in [0, 0.05) is 19.6 Å². The molecule has 1 aliphatic carbocycles. The molecule has 1 aromatic rings. The van der Waals surface area contributed by atoms with Gasteiger partial charge >= 0.3 is 6.09 Å². The largest absolute Gasteiger partial charge is 0.444 e. The Hall–Kier alpha value is -1.75. The number of likely N-dealkylation sites (tertiary alicyclic amines) is 1. The molecule has 2 aliphatic rings. The Bertz CT molecular complexity index is 699. The maximum Gasteiger partial charge on any atom is 0.410 e. The van der Waals surface area contributed by atoms with Crippen LogP contribution in [0.4, 0.5) is 10.6 Å². The summed E-state index contributed by atoms with van der Waals surface area (Å²) in [5, 5.41) is 17.3. The van der Waals surface area contributed by atoms with Gasteiger partial charge in [-0.05, 0) is 61.9 Å². The highest BCUT2D eigenvalue weighted by Crippen LogP contribution is 2.34. The molecule has 1 aliphatic heterocycles. The lowest BCUT2D eigenvalue weighted by Crippen LogP contribution is -2.35. The van der Waals surface area contributed by atoms with Gasteiger partial charge in [0.15, 0.2) is 0 Å². The molecule has 0 bridgehead atoms. The molecular formula is C17H24BrN5O2. The molecule has 136 valence electrons. The standard InChI is InChI=1S/C17H24BrN5O2/c1-17(2,3)25-16(24)22-7-6-12(10-22)23-15(20-9-11-4-5-11)13(8-19)14(18)21-23/h11-12,20H,4-7,9-10H2,1-3H3/t12-/m0/s1. The summed E-state index contributed by atoms with van der Waals surface area (Å²) in [5.74, 6) is 1.44. The van der Waals surface area contributed by atoms with Crippen molar-refractivity contribution >= 4 is 27.8 Å². The van der Waals surface area contributed by atoms with Gasteiger partial charge in [-0.2, -0.15) is 10.4 Å². The number of carbonyl (C=O) groups is 1. The van der Waals surface area contributed by atoms with E-state index in [4.69, 9.17) is 4.74 Å². The first kappa shape index (κ1) is 18.1. The van der Waals surface area contributed by atoms with E-state index >= 15 is 0 Å². The molecule has 8 heteroatoms. The Morgan fingerprint density at radius 1 is 1.44 bits per heavy atom. The molecule has 2 fully saturated rings. The van der Waals surface area contributed by atoms with Crippen LogP contribution >= 0.6 is 15.9 Å². The highest BCUT2D eigenvalue weighted by Gasteiger charge is 2.33. The monoisotopic (exact) mass is 409 g/mol. The van der Waals surface area contributed by atoms with Crippen LogP contribution in [0.1, 0.15) is 51.6 Å². The lowest BCUT2D eigenvalue weighted by atomic mass is 10.2. The Morgan fingerprint density at radius 3 is 2.76 bits per heavy atom. The zero-order chi connectivity index (χ0) is 18.2. The molecule has 0 spiro atoms. The second-order valence-corrected chi connectivity index (χ2v) is 8.52. The minimum absolute atomic E-state index is 0.0348. The number of amides is 1. The van der Waals surface area contributed by atoms with Crippen molar-refractivity contribution in [3.05, 3.63) is 10.2 Å². The van der Waals surface area contributed by atoms with Gasteiger partial charge in [0.1, 0.15) is 27.7 Å². The third-order valence-corrected chi connectivity index (χ3v) is 4.95. The predicted octanol–water partition coefficient (Wildman–Crippen LogP) is 3.52. The lowest BCUT2D eigenvalue weighted by Gasteiger charge is -2.24. The molecule has 0 radical (unpaired) electrons. The molecule has 1 atom stereocenters. The first-order chi connectivity index (χ1) is 11.8. The molecule has 2 heterocycles. The van der Waals surface area contributed by atoms with Gasteiger partial charge in [0.05, 0.1) is 6.04 Å². The van der Waals surface area contributed by atoms with Crippen LogP contribution < -0.4 is 5.32 Å². The molecular weight excluding hydrogens is 386 g/mol. The van der Waals surface area contributed by atoms with Crippen molar-refractivity contribution < 1.29 is 9.53 Å². The summed E-state index contributed by atoms with van der Waals surface area (Å²) in [4.78, 5) is 14.0. The van der Waals surface area contributed by atoms with Gasteiger partial charge in [0.25, 0.3) is 0 Å². The van der Waals surface area contributed by atoms with E-state index in [0.29, 0.717) is 29.2 Å². The van der Waals surface area contributed by atoms with Crippen molar-refractivity contribution in [2.45, 2.75) is 51.7 Å². The number of rotatable bonds is 4. The molecule has 0 aromatic carbocycles. The molecule has 3 rings (SSSR count). The number of hydrogen-bond acceptors (Lipinski definition) is 5. The fourth-order valence-electron chi connectivity index (χ4n) is 2.94. The third-order valence-electron chi connectivity index (χ3n) is 4.40. The predicted molar refractivity (Wildman–Crippen MR) is 97.3 cm³/mol. The average molecular weight is 410 g/mol. The maximum atomic E-state index is 12.3. The summed E-state index contributed by atoms with van der Waals surface area (Å²) >= 11 is 3.38. The van der Waals surface area contributed by atoms with E-state index in [1.54, 1.807) is 4.90 Å². The summed E-state index contributed by atoms with van der Waals surface area (Å²) in [6.45, 7) is 7.61. The summed E-state index contributed by atoms with van der Waals surface area (Å²) < 4.78 is 7.86. The van der Waals surface area contributed by atoms with E-state index in [-0.39, 0.29) is 12.1 Å². The first-order valence-electron chi connectivity index (χ1n) is 8.68. The van der Waals surface area contributed by atoms with Crippen molar-refractivity contribution in [3.63, 3.8) is 0 Å². The molecule has 25 heavy (non-hydrogen) atoms. The molecule has 0 unspecified atom stereocenters. The van der Waals surface area contributed by atoms with Crippen LogP contribution in [-0.2, 0) is 4.74 Å². The number of ether oxygens (including phenoxy) is 1. The quantitative estimate of drug-likeness (QED) is 0.821. The summed E-state index contributed by atoms with van der Waals surface area (Å²) in [7, 11) is 0. The summed E-state index contributed by atoms with van der Waals surface area (Å²) in [5.41, 5.74) is 0.0193. The van der Waals surface area contributed by atoms with Gasteiger partial charge in [0.2, 0.25) is 0 Å². The minimum atomic E-state index is -0.505.